The van der Waals surface area contributed by atoms with Crippen LogP contribution in [0.15, 0.2) is 39.4 Å². The summed E-state index contributed by atoms with van der Waals surface area (Å²) in [6.07, 6.45) is 0. The van der Waals surface area contributed by atoms with Crippen LogP contribution in [0.4, 0.5) is 0 Å². The Bertz CT molecular complexity index is 509. The Hall–Kier alpha value is -0.770. The number of aryl methyl sites for hydroxylation is 1. The Labute approximate surface area is 108 Å². The molecule has 1 heterocycles. The van der Waals surface area contributed by atoms with E-state index in [0.717, 1.165) is 11.1 Å². The second-order valence-corrected chi connectivity index (χ2v) is 4.83. The number of hydrogen-bond acceptors (Lipinski definition) is 2. The molecule has 0 fully saturated rings. The molecule has 0 radical (unpaired) electrons. The molecule has 2 nitrogen and oxygen atoms in total. The lowest BCUT2D eigenvalue weighted by Gasteiger charge is -2.11. The molecular weight excluding hydrogens is 289 g/mol. The summed E-state index contributed by atoms with van der Waals surface area (Å²) in [5, 5.41) is 0.667. The van der Waals surface area contributed by atoms with E-state index >= 15 is 0 Å². The minimum absolute atomic E-state index is 0.334. The number of benzene rings is 1. The van der Waals surface area contributed by atoms with Crippen LogP contribution >= 0.6 is 27.5 Å². The van der Waals surface area contributed by atoms with Gasteiger partial charge in [-0.15, -0.1) is 0 Å². The first kappa shape index (κ1) is 11.7. The van der Waals surface area contributed by atoms with Gasteiger partial charge in [0.2, 0.25) is 0 Å². The van der Waals surface area contributed by atoms with Crippen LogP contribution in [0, 0.1) is 6.92 Å². The molecule has 16 heavy (non-hydrogen) atoms. The summed E-state index contributed by atoms with van der Waals surface area (Å²) in [4.78, 5) is 0. The third-order valence-corrected chi connectivity index (χ3v) is 3.15. The first-order valence-electron chi connectivity index (χ1n) is 4.85. The van der Waals surface area contributed by atoms with Crippen molar-refractivity contribution in [3.8, 4) is 0 Å². The molecule has 1 unspecified atom stereocenters. The molecule has 84 valence electrons. The fourth-order valence-corrected chi connectivity index (χ4v) is 2.20. The minimum atomic E-state index is -0.334. The van der Waals surface area contributed by atoms with E-state index in [0.29, 0.717) is 15.5 Å². The van der Waals surface area contributed by atoms with Crippen LogP contribution in [-0.4, -0.2) is 0 Å². The maximum Gasteiger partial charge on any atom is 0.169 e. The molecule has 1 atom stereocenters. The highest BCUT2D eigenvalue weighted by molar-refractivity contribution is 9.10. The molecule has 1 aromatic carbocycles. The smallest absolute Gasteiger partial charge is 0.169 e. The molecule has 0 aliphatic heterocycles. The van der Waals surface area contributed by atoms with E-state index < -0.39 is 0 Å². The lowest BCUT2D eigenvalue weighted by atomic mass is 10.0. The van der Waals surface area contributed by atoms with E-state index in [1.165, 1.54) is 0 Å². The van der Waals surface area contributed by atoms with E-state index in [1.54, 1.807) is 0 Å². The van der Waals surface area contributed by atoms with Crippen LogP contribution in [0.3, 0.4) is 0 Å². The molecule has 0 spiro atoms. The SMILES string of the molecule is Cc1ccc(C(N)c2ccc(Br)o2)c(Cl)c1. The highest BCUT2D eigenvalue weighted by atomic mass is 79.9. The normalized spacial score (nSPS) is 12.8. The third-order valence-electron chi connectivity index (χ3n) is 2.39. The van der Waals surface area contributed by atoms with Gasteiger partial charge in [-0.3, -0.25) is 0 Å². The second kappa shape index (κ2) is 4.62. The van der Waals surface area contributed by atoms with Gasteiger partial charge in [0.05, 0.1) is 6.04 Å². The van der Waals surface area contributed by atoms with E-state index in [4.69, 9.17) is 21.8 Å². The van der Waals surface area contributed by atoms with E-state index in [1.807, 2.05) is 37.3 Å². The van der Waals surface area contributed by atoms with Crippen molar-refractivity contribution in [3.05, 3.63) is 56.9 Å². The van der Waals surface area contributed by atoms with Gasteiger partial charge in [0, 0.05) is 5.02 Å². The zero-order valence-corrected chi connectivity index (χ0v) is 11.0. The molecule has 2 N–H and O–H groups in total. The Kier molecular flexibility index (Phi) is 3.38. The Morgan fingerprint density at radius 1 is 1.31 bits per heavy atom. The third kappa shape index (κ3) is 2.32. The van der Waals surface area contributed by atoms with Crippen LogP contribution in [0.2, 0.25) is 5.02 Å². The molecule has 2 aromatic rings. The number of rotatable bonds is 2. The van der Waals surface area contributed by atoms with Crippen molar-refractivity contribution in [3.63, 3.8) is 0 Å². The van der Waals surface area contributed by atoms with Gasteiger partial charge in [-0.05, 0) is 52.2 Å². The van der Waals surface area contributed by atoms with Gasteiger partial charge < -0.3 is 10.2 Å². The number of furan rings is 1. The predicted molar refractivity (Wildman–Crippen MR) is 68.6 cm³/mol. The quantitative estimate of drug-likeness (QED) is 0.908. The lowest BCUT2D eigenvalue weighted by Crippen LogP contribution is -2.11. The Morgan fingerprint density at radius 3 is 2.62 bits per heavy atom. The van der Waals surface area contributed by atoms with Crippen molar-refractivity contribution in [1.82, 2.24) is 0 Å². The zero-order chi connectivity index (χ0) is 11.7. The summed E-state index contributed by atoms with van der Waals surface area (Å²) >= 11 is 9.40. The van der Waals surface area contributed by atoms with E-state index in [9.17, 15) is 0 Å². The van der Waals surface area contributed by atoms with Gasteiger partial charge in [-0.1, -0.05) is 23.7 Å². The molecule has 0 aliphatic carbocycles. The standard InChI is InChI=1S/C12H11BrClNO/c1-7-2-3-8(9(14)6-7)12(15)10-4-5-11(13)16-10/h2-6,12H,15H2,1H3. The molecule has 0 amide bonds. The summed E-state index contributed by atoms with van der Waals surface area (Å²) in [7, 11) is 0. The molecular formula is C12H11BrClNO. The summed E-state index contributed by atoms with van der Waals surface area (Å²) in [5.41, 5.74) is 8.06. The first-order valence-corrected chi connectivity index (χ1v) is 6.02. The van der Waals surface area contributed by atoms with Crippen molar-refractivity contribution in [1.29, 1.82) is 0 Å². The van der Waals surface area contributed by atoms with E-state index in [-0.39, 0.29) is 6.04 Å². The zero-order valence-electron chi connectivity index (χ0n) is 8.71. The fraction of sp³-hybridized carbons (Fsp3) is 0.167. The van der Waals surface area contributed by atoms with Gasteiger partial charge in [0.15, 0.2) is 4.67 Å². The van der Waals surface area contributed by atoms with Crippen LogP contribution in [0.5, 0.6) is 0 Å². The van der Waals surface area contributed by atoms with Crippen molar-refractivity contribution < 1.29 is 4.42 Å². The topological polar surface area (TPSA) is 39.2 Å². The summed E-state index contributed by atoms with van der Waals surface area (Å²) in [5.74, 6) is 0.692. The van der Waals surface area contributed by atoms with Gasteiger partial charge >= 0.3 is 0 Å². The summed E-state index contributed by atoms with van der Waals surface area (Å²) in [6.45, 7) is 1.99. The highest BCUT2D eigenvalue weighted by Crippen LogP contribution is 2.29. The summed E-state index contributed by atoms with van der Waals surface area (Å²) in [6, 6.07) is 9.13. The van der Waals surface area contributed by atoms with Gasteiger partial charge in [-0.25, -0.2) is 0 Å². The lowest BCUT2D eigenvalue weighted by molar-refractivity contribution is 0.470. The molecule has 0 bridgehead atoms. The number of hydrogen-bond donors (Lipinski definition) is 1. The van der Waals surface area contributed by atoms with Crippen molar-refractivity contribution in [2.75, 3.05) is 0 Å². The van der Waals surface area contributed by atoms with E-state index in [2.05, 4.69) is 15.9 Å². The van der Waals surface area contributed by atoms with Crippen LogP contribution < -0.4 is 5.73 Å². The largest absolute Gasteiger partial charge is 0.452 e. The van der Waals surface area contributed by atoms with Gasteiger partial charge in [-0.2, -0.15) is 0 Å². The molecule has 0 aliphatic rings. The van der Waals surface area contributed by atoms with Crippen LogP contribution in [0.25, 0.3) is 0 Å². The molecule has 1 aromatic heterocycles. The monoisotopic (exact) mass is 299 g/mol. The number of halogens is 2. The predicted octanol–water partition coefficient (Wildman–Crippen LogP) is 4.05. The second-order valence-electron chi connectivity index (χ2n) is 3.64. The Morgan fingerprint density at radius 2 is 2.06 bits per heavy atom. The van der Waals surface area contributed by atoms with Crippen LogP contribution in [-0.2, 0) is 0 Å². The molecule has 0 saturated heterocycles. The molecule has 2 rings (SSSR count). The average molecular weight is 301 g/mol. The van der Waals surface area contributed by atoms with Crippen molar-refractivity contribution >= 4 is 27.5 Å². The maximum absolute atomic E-state index is 6.15. The number of nitrogens with two attached hydrogens (primary N) is 1. The first-order chi connectivity index (χ1) is 7.58. The molecule has 4 heteroatoms. The average Bonchev–Trinajstić information content (AvgIpc) is 2.64. The fourth-order valence-electron chi connectivity index (χ4n) is 1.53. The maximum atomic E-state index is 6.15. The van der Waals surface area contributed by atoms with Crippen molar-refractivity contribution in [2.24, 2.45) is 5.73 Å². The van der Waals surface area contributed by atoms with Gasteiger partial charge in [0.1, 0.15) is 5.76 Å². The molecule has 0 saturated carbocycles. The minimum Gasteiger partial charge on any atom is -0.452 e. The Balaban J connectivity index is 2.37. The van der Waals surface area contributed by atoms with Gasteiger partial charge in [0.25, 0.3) is 0 Å². The van der Waals surface area contributed by atoms with Crippen LogP contribution in [0.1, 0.15) is 22.9 Å². The highest BCUT2D eigenvalue weighted by Gasteiger charge is 2.15. The summed E-state index contributed by atoms with van der Waals surface area (Å²) < 4.78 is 6.09. The van der Waals surface area contributed by atoms with Crippen molar-refractivity contribution in [2.45, 2.75) is 13.0 Å².